The lowest BCUT2D eigenvalue weighted by molar-refractivity contribution is 0.0945. The van der Waals surface area contributed by atoms with Crippen molar-refractivity contribution in [2.75, 3.05) is 6.54 Å². The number of amides is 1. The van der Waals surface area contributed by atoms with E-state index in [9.17, 15) is 9.18 Å². The Morgan fingerprint density at radius 1 is 1.41 bits per heavy atom. The average molecular weight is 302 g/mol. The molecule has 0 aliphatic carbocycles. The zero-order chi connectivity index (χ0) is 12.8. The Hall–Kier alpha value is -0.900. The van der Waals surface area contributed by atoms with Crippen LogP contribution in [0.15, 0.2) is 22.7 Å². The molecule has 4 heteroatoms. The monoisotopic (exact) mass is 301 g/mol. The third-order valence-electron chi connectivity index (χ3n) is 2.90. The summed E-state index contributed by atoms with van der Waals surface area (Å²) in [4.78, 5) is 11.8. The van der Waals surface area contributed by atoms with Crippen molar-refractivity contribution in [3.05, 3.63) is 34.1 Å². The largest absolute Gasteiger partial charge is 0.352 e. The molecule has 1 aromatic carbocycles. The molecule has 1 rings (SSSR count). The molecule has 0 aliphatic rings. The zero-order valence-electron chi connectivity index (χ0n) is 10.1. The molecule has 0 fully saturated rings. The first kappa shape index (κ1) is 14.2. The second kappa shape index (κ2) is 6.74. The van der Waals surface area contributed by atoms with Crippen molar-refractivity contribution in [2.45, 2.75) is 26.7 Å². The Labute approximate surface area is 110 Å². The molecule has 94 valence electrons. The maximum absolute atomic E-state index is 13.2. The maximum Gasteiger partial charge on any atom is 0.252 e. The van der Waals surface area contributed by atoms with E-state index in [-0.39, 0.29) is 10.4 Å². The van der Waals surface area contributed by atoms with Crippen LogP contribution in [-0.2, 0) is 0 Å². The van der Waals surface area contributed by atoms with Crippen LogP contribution in [0, 0.1) is 11.7 Å². The number of benzene rings is 1. The number of nitrogens with one attached hydrogen (secondary N) is 1. The Balaban J connectivity index is 2.67. The minimum Gasteiger partial charge on any atom is -0.352 e. The predicted molar refractivity (Wildman–Crippen MR) is 70.5 cm³/mol. The Bertz CT molecular complexity index is 391. The molecule has 0 atom stereocenters. The van der Waals surface area contributed by atoms with Gasteiger partial charge in [0.05, 0.1) is 10.0 Å². The summed E-state index contributed by atoms with van der Waals surface area (Å²) in [6.45, 7) is 4.83. The van der Waals surface area contributed by atoms with Crippen LogP contribution >= 0.6 is 15.9 Å². The molecule has 0 radical (unpaired) electrons. The van der Waals surface area contributed by atoms with Crippen molar-refractivity contribution in [1.29, 1.82) is 0 Å². The molecule has 0 saturated heterocycles. The molecular weight excluding hydrogens is 285 g/mol. The third-order valence-corrected chi connectivity index (χ3v) is 3.71. The molecule has 1 amide bonds. The van der Waals surface area contributed by atoms with Crippen LogP contribution in [0.3, 0.4) is 0 Å². The molecule has 1 aromatic rings. The molecule has 2 nitrogen and oxygen atoms in total. The molecule has 0 aliphatic heterocycles. The van der Waals surface area contributed by atoms with Crippen LogP contribution in [0.2, 0.25) is 0 Å². The lowest BCUT2D eigenvalue weighted by Gasteiger charge is -2.13. The molecule has 17 heavy (non-hydrogen) atoms. The molecular formula is C13H17BrFNO. The van der Waals surface area contributed by atoms with Crippen LogP contribution in [-0.4, -0.2) is 12.5 Å². The van der Waals surface area contributed by atoms with Gasteiger partial charge in [0, 0.05) is 6.54 Å². The van der Waals surface area contributed by atoms with Gasteiger partial charge in [-0.3, -0.25) is 4.79 Å². The fraction of sp³-hybridized carbons (Fsp3) is 0.462. The van der Waals surface area contributed by atoms with E-state index < -0.39 is 5.82 Å². The van der Waals surface area contributed by atoms with Crippen molar-refractivity contribution >= 4 is 21.8 Å². The predicted octanol–water partition coefficient (Wildman–Crippen LogP) is 3.75. The van der Waals surface area contributed by atoms with E-state index in [0.29, 0.717) is 18.0 Å². The minimum absolute atomic E-state index is 0.224. The van der Waals surface area contributed by atoms with Crippen molar-refractivity contribution in [3.63, 3.8) is 0 Å². The summed E-state index contributed by atoms with van der Waals surface area (Å²) in [5.41, 5.74) is 0.343. The lowest BCUT2D eigenvalue weighted by Crippen LogP contribution is -2.29. The average Bonchev–Trinajstić information content (AvgIpc) is 2.33. The summed E-state index contributed by atoms with van der Waals surface area (Å²) in [5.74, 6) is -0.172. The van der Waals surface area contributed by atoms with Gasteiger partial charge in [0.1, 0.15) is 5.82 Å². The quantitative estimate of drug-likeness (QED) is 0.881. The fourth-order valence-corrected chi connectivity index (χ4v) is 2.03. The van der Waals surface area contributed by atoms with Gasteiger partial charge in [-0.1, -0.05) is 32.8 Å². The molecule has 0 heterocycles. The van der Waals surface area contributed by atoms with Gasteiger partial charge < -0.3 is 5.32 Å². The third kappa shape index (κ3) is 3.80. The highest BCUT2D eigenvalue weighted by Gasteiger charge is 2.13. The van der Waals surface area contributed by atoms with E-state index in [2.05, 4.69) is 35.1 Å². The minimum atomic E-state index is -0.416. The van der Waals surface area contributed by atoms with Crippen molar-refractivity contribution in [3.8, 4) is 0 Å². The van der Waals surface area contributed by atoms with Gasteiger partial charge in [0.15, 0.2) is 0 Å². The summed E-state index contributed by atoms with van der Waals surface area (Å²) >= 11 is 3.09. The van der Waals surface area contributed by atoms with Crippen LogP contribution in [0.5, 0.6) is 0 Å². The second-order valence-electron chi connectivity index (χ2n) is 3.99. The summed E-state index contributed by atoms with van der Waals surface area (Å²) in [5, 5.41) is 2.83. The Kier molecular flexibility index (Phi) is 5.62. The normalized spacial score (nSPS) is 10.6. The van der Waals surface area contributed by atoms with Gasteiger partial charge >= 0.3 is 0 Å². The Morgan fingerprint density at radius 3 is 2.65 bits per heavy atom. The first-order valence-electron chi connectivity index (χ1n) is 5.82. The first-order valence-corrected chi connectivity index (χ1v) is 6.61. The summed E-state index contributed by atoms with van der Waals surface area (Å²) < 4.78 is 13.5. The standard InChI is InChI=1S/C13H17BrFNO/c1-3-9(4-2)8-16-13(17)10-6-5-7-11(15)12(10)14/h5-7,9H,3-4,8H2,1-2H3,(H,16,17). The number of rotatable bonds is 5. The maximum atomic E-state index is 13.2. The van der Waals surface area contributed by atoms with Crippen molar-refractivity contribution in [2.24, 2.45) is 5.92 Å². The van der Waals surface area contributed by atoms with Gasteiger partial charge in [0.2, 0.25) is 0 Å². The van der Waals surface area contributed by atoms with Crippen molar-refractivity contribution in [1.82, 2.24) is 5.32 Å². The van der Waals surface area contributed by atoms with E-state index in [4.69, 9.17) is 0 Å². The number of carbonyl (C=O) groups excluding carboxylic acids is 1. The molecule has 0 bridgehead atoms. The van der Waals surface area contributed by atoms with E-state index in [0.717, 1.165) is 12.8 Å². The van der Waals surface area contributed by atoms with E-state index in [1.54, 1.807) is 6.07 Å². The number of hydrogen-bond donors (Lipinski definition) is 1. The van der Waals surface area contributed by atoms with Gasteiger partial charge in [0.25, 0.3) is 5.91 Å². The molecule has 0 aromatic heterocycles. The molecule has 1 N–H and O–H groups in total. The smallest absolute Gasteiger partial charge is 0.252 e. The van der Waals surface area contributed by atoms with Gasteiger partial charge in [-0.2, -0.15) is 0 Å². The van der Waals surface area contributed by atoms with E-state index >= 15 is 0 Å². The van der Waals surface area contributed by atoms with Gasteiger partial charge in [-0.15, -0.1) is 0 Å². The van der Waals surface area contributed by atoms with Crippen LogP contribution in [0.1, 0.15) is 37.0 Å². The van der Waals surface area contributed by atoms with Crippen LogP contribution < -0.4 is 5.32 Å². The molecule has 0 spiro atoms. The van der Waals surface area contributed by atoms with Crippen LogP contribution in [0.25, 0.3) is 0 Å². The molecule has 0 saturated carbocycles. The van der Waals surface area contributed by atoms with E-state index in [1.807, 2.05) is 0 Å². The highest BCUT2D eigenvalue weighted by Crippen LogP contribution is 2.20. The summed E-state index contributed by atoms with van der Waals surface area (Å²) in [6.07, 6.45) is 2.06. The first-order chi connectivity index (χ1) is 8.10. The lowest BCUT2D eigenvalue weighted by atomic mass is 10.0. The number of halogens is 2. The number of hydrogen-bond acceptors (Lipinski definition) is 1. The highest BCUT2D eigenvalue weighted by atomic mass is 79.9. The fourth-order valence-electron chi connectivity index (χ4n) is 1.59. The topological polar surface area (TPSA) is 29.1 Å². The highest BCUT2D eigenvalue weighted by molar-refractivity contribution is 9.10. The molecule has 0 unspecified atom stereocenters. The van der Waals surface area contributed by atoms with Gasteiger partial charge in [-0.05, 0) is 34.0 Å². The van der Waals surface area contributed by atoms with E-state index in [1.165, 1.54) is 12.1 Å². The van der Waals surface area contributed by atoms with Crippen molar-refractivity contribution < 1.29 is 9.18 Å². The second-order valence-corrected chi connectivity index (χ2v) is 4.79. The zero-order valence-corrected chi connectivity index (χ0v) is 11.7. The summed E-state index contributed by atoms with van der Waals surface area (Å²) in [6, 6.07) is 4.46. The van der Waals surface area contributed by atoms with Gasteiger partial charge in [-0.25, -0.2) is 4.39 Å². The summed E-state index contributed by atoms with van der Waals surface area (Å²) in [7, 11) is 0. The van der Waals surface area contributed by atoms with Crippen LogP contribution in [0.4, 0.5) is 4.39 Å². The number of carbonyl (C=O) groups is 1. The Morgan fingerprint density at radius 2 is 2.06 bits per heavy atom. The SMILES string of the molecule is CCC(CC)CNC(=O)c1cccc(F)c1Br.